The molecule has 2 aromatic rings. The third-order valence-electron chi connectivity index (χ3n) is 11.8. The predicted octanol–water partition coefficient (Wildman–Crippen LogP) is 5.92. The van der Waals surface area contributed by atoms with Gasteiger partial charge in [0.05, 0.1) is 7.11 Å². The molecular formula is C45H54MgN5O5-. The number of fused-ring (bicyclic) bond motifs is 7. The van der Waals surface area contributed by atoms with Crippen molar-refractivity contribution in [3.05, 3.63) is 120 Å². The van der Waals surface area contributed by atoms with Crippen LogP contribution in [0, 0.1) is 37.5 Å². The average molecular weight is 769 g/mol. The second kappa shape index (κ2) is 17.5. The molecule has 0 amide bonds. The number of hydrogen-bond acceptors (Lipinski definition) is 5. The van der Waals surface area contributed by atoms with Crippen LogP contribution in [0.25, 0.3) is 28.9 Å². The maximum atomic E-state index is 14.3. The number of methoxy groups -OCH3 is 1. The van der Waals surface area contributed by atoms with Crippen LogP contribution in [0.5, 0.6) is 0 Å². The molecule has 56 heavy (non-hydrogen) atoms. The van der Waals surface area contributed by atoms with E-state index in [0.717, 1.165) is 64.4 Å². The number of ketones is 1. The molecule has 4 aliphatic rings. The normalized spacial score (nSPS) is 24.9. The van der Waals surface area contributed by atoms with Crippen molar-refractivity contribution in [2.45, 2.75) is 93.9 Å². The molecule has 292 valence electrons. The number of quaternary nitrogens is 1. The number of hydrogen-bond donors (Lipinski definition) is 1. The zero-order valence-electron chi connectivity index (χ0n) is 34.4. The maximum absolute atomic E-state index is 14.3. The first kappa shape index (κ1) is 43.0. The van der Waals surface area contributed by atoms with Crippen LogP contribution in [0.2, 0.25) is 0 Å². The summed E-state index contributed by atoms with van der Waals surface area (Å²) in [6.45, 7) is 20.8. The Hall–Kier alpha value is -4.16. The fourth-order valence-electron chi connectivity index (χ4n) is 8.47. The Kier molecular flexibility index (Phi) is 13.5. The Morgan fingerprint density at radius 3 is 2.45 bits per heavy atom. The summed E-state index contributed by atoms with van der Waals surface area (Å²) in [5.41, 5.74) is 10.2. The van der Waals surface area contributed by atoms with E-state index in [1.807, 2.05) is 52.0 Å². The Morgan fingerprint density at radius 1 is 1.05 bits per heavy atom. The molecule has 10 nitrogen and oxygen atoms in total. The van der Waals surface area contributed by atoms with E-state index in [0.29, 0.717) is 62.5 Å². The number of allylic oxidation sites excluding steroid dienone is 8. The van der Waals surface area contributed by atoms with Gasteiger partial charge in [0, 0.05) is 23.1 Å². The molecule has 3 aliphatic heterocycles. The number of Topliss-reactive ketones (excluding diaryl/α,β-unsaturated/α-hetero) is 1. The molecule has 1 fully saturated rings. The van der Waals surface area contributed by atoms with Gasteiger partial charge in [-0.3, -0.25) is 14.4 Å². The number of nitrogens with zero attached hydrogens (tertiary/aromatic N) is 3. The summed E-state index contributed by atoms with van der Waals surface area (Å²) in [5.74, 6) is 6.85. The zero-order valence-corrected chi connectivity index (χ0v) is 35.9. The number of aromatic nitrogens is 2. The summed E-state index contributed by atoms with van der Waals surface area (Å²) < 4.78 is 10.9. The summed E-state index contributed by atoms with van der Waals surface area (Å²) in [6, 6.07) is 0. The molecular weight excluding hydrogens is 715 g/mol. The van der Waals surface area contributed by atoms with E-state index in [1.165, 1.54) is 12.7 Å². The van der Waals surface area contributed by atoms with Gasteiger partial charge in [-0.25, -0.2) is 0 Å². The third kappa shape index (κ3) is 7.88. The molecule has 2 aromatic heterocycles. The molecule has 0 aromatic carbocycles. The second-order valence-corrected chi connectivity index (χ2v) is 15.7. The Balaban J connectivity index is 0.00000600. The molecule has 11 heteroatoms. The number of rotatable bonds is 12. The van der Waals surface area contributed by atoms with Crippen LogP contribution in [0.15, 0.2) is 64.3 Å². The van der Waals surface area contributed by atoms with E-state index in [4.69, 9.17) is 24.8 Å². The van der Waals surface area contributed by atoms with Crippen LogP contribution >= 0.6 is 0 Å². The third-order valence-corrected chi connectivity index (χ3v) is 11.8. The van der Waals surface area contributed by atoms with E-state index in [9.17, 15) is 20.2 Å². The SMILES string of the molecule is C=CC1=C2/C=c3\[n-]/c(c(CC)c3C)=C\c3[n-]c4c(c3C)C(=O)[C@H](C(=O)OC)/C4=C3/[N-]/C(=C\C(=C1C)[NH+]2[NH-])[C@@H](C)[C@@H]3CCC(=O)OC/C=C(/C)CCCC(C)C.[Mg+2]. The van der Waals surface area contributed by atoms with E-state index in [2.05, 4.69) is 34.3 Å². The molecule has 0 radical (unpaired) electrons. The van der Waals surface area contributed by atoms with Gasteiger partial charge in [0.25, 0.3) is 0 Å². The summed E-state index contributed by atoms with van der Waals surface area (Å²) >= 11 is 0. The van der Waals surface area contributed by atoms with Crippen molar-refractivity contribution in [1.82, 2.24) is 9.97 Å². The van der Waals surface area contributed by atoms with Crippen LogP contribution < -0.4 is 25.7 Å². The first-order valence-corrected chi connectivity index (χ1v) is 19.5. The number of ether oxygens (including phenoxy) is 2. The van der Waals surface area contributed by atoms with Gasteiger partial charge < -0.3 is 35.6 Å². The fraction of sp³-hybridized carbons (Fsp3) is 0.444. The quantitative estimate of drug-likeness (QED) is 0.122. The Morgan fingerprint density at radius 2 is 1.79 bits per heavy atom. The molecule has 0 saturated carbocycles. The molecule has 1 unspecified atom stereocenters. The monoisotopic (exact) mass is 768 g/mol. The first-order chi connectivity index (χ1) is 26.2. The van der Waals surface area contributed by atoms with E-state index in [-0.39, 0.29) is 59.7 Å². The topological polar surface area (TPSA) is 140 Å². The smallest absolute Gasteiger partial charge is 0.664 e. The van der Waals surface area contributed by atoms with Crippen LogP contribution in [-0.2, 0) is 25.5 Å². The van der Waals surface area contributed by atoms with Gasteiger partial charge in [-0.05, 0) is 89.4 Å². The summed E-state index contributed by atoms with van der Waals surface area (Å²) in [5, 5.41) is 7.05. The average Bonchev–Trinajstić information content (AvgIpc) is 3.87. The molecule has 6 rings (SSSR count). The maximum Gasteiger partial charge on any atom is 2.00 e. The van der Waals surface area contributed by atoms with Crippen LogP contribution in [0.1, 0.15) is 112 Å². The van der Waals surface area contributed by atoms with Gasteiger partial charge in [-0.1, -0.05) is 80.7 Å². The van der Waals surface area contributed by atoms with Crippen LogP contribution in [-0.4, -0.2) is 54.5 Å². The minimum absolute atomic E-state index is 0. The van der Waals surface area contributed by atoms with Gasteiger partial charge in [0.1, 0.15) is 23.9 Å². The Bertz CT molecular complexity index is 2240. The number of carbonyl (C=O) groups excluding carboxylic acids is 3. The minimum Gasteiger partial charge on any atom is -0.664 e. The van der Waals surface area contributed by atoms with E-state index < -0.39 is 11.9 Å². The van der Waals surface area contributed by atoms with Gasteiger partial charge in [0.15, 0.2) is 5.78 Å². The minimum atomic E-state index is -1.24. The van der Waals surface area contributed by atoms with Crippen molar-refractivity contribution in [1.29, 1.82) is 0 Å². The van der Waals surface area contributed by atoms with E-state index >= 15 is 0 Å². The van der Waals surface area contributed by atoms with Crippen LogP contribution in [0.3, 0.4) is 0 Å². The first-order valence-electron chi connectivity index (χ1n) is 19.5. The second-order valence-electron chi connectivity index (χ2n) is 15.7. The molecule has 1 aliphatic carbocycles. The molecule has 2 N–H and O–H groups in total. The van der Waals surface area contributed by atoms with Crippen molar-refractivity contribution in [3.63, 3.8) is 0 Å². The van der Waals surface area contributed by atoms with Gasteiger partial charge in [-0.2, -0.15) is 11.4 Å². The largest absolute Gasteiger partial charge is 2.00 e. The molecule has 4 atom stereocenters. The molecule has 5 heterocycles. The predicted molar refractivity (Wildman–Crippen MR) is 220 cm³/mol. The Labute approximate surface area is 346 Å². The van der Waals surface area contributed by atoms with Crippen molar-refractivity contribution in [2.24, 2.45) is 23.7 Å². The van der Waals surface area contributed by atoms with Crippen molar-refractivity contribution in [2.75, 3.05) is 13.7 Å². The number of carbonyl (C=O) groups is 3. The zero-order chi connectivity index (χ0) is 39.9. The standard InChI is InChI=1S/C45H55N5O5.Mg/c1-11-29-25(6)33-22-37-30(12-2)27(8)36(50(37)46)21-34-26(7)31(16-17-38(51)55-19-18-24(5)15-13-14-23(3)4)42(48-34)40-41(45(53)54-10)44(52)39-28(9)32(49-43(39)40)20-35(29)47-33;/h12,18,20-23,26,31,41,46,50H,2,11,13-17,19H2,1,3-10H3,(H-,48,49,52);/q-2;+2/p-1/b24-18-,33-22-,34-21-,35-20-;/t26-,31-,41+;/m0./s1. The van der Waals surface area contributed by atoms with Gasteiger partial charge in [-0.15, -0.1) is 22.1 Å². The summed E-state index contributed by atoms with van der Waals surface area (Å²) in [4.78, 5) is 51.1. The summed E-state index contributed by atoms with van der Waals surface area (Å²) in [7, 11) is 1.28. The van der Waals surface area contributed by atoms with Crippen LogP contribution in [0.4, 0.5) is 0 Å². The number of nitrogens with one attached hydrogen (secondary N) is 2. The van der Waals surface area contributed by atoms with Crippen molar-refractivity contribution < 1.29 is 28.9 Å². The molecule has 1 saturated heterocycles. The van der Waals surface area contributed by atoms with Crippen molar-refractivity contribution in [3.8, 4) is 0 Å². The number of esters is 2. The van der Waals surface area contributed by atoms with E-state index in [1.54, 1.807) is 6.08 Å². The fourth-order valence-corrected chi connectivity index (χ4v) is 8.47. The van der Waals surface area contributed by atoms with Gasteiger partial charge in [0.2, 0.25) is 0 Å². The van der Waals surface area contributed by atoms with Crippen molar-refractivity contribution >= 4 is 58.5 Å². The van der Waals surface area contributed by atoms with Gasteiger partial charge >= 0.3 is 35.0 Å². The summed E-state index contributed by atoms with van der Waals surface area (Å²) in [6.07, 6.45) is 14.0. The molecule has 8 bridgehead atoms. The molecule has 0 spiro atoms.